The number of benzene rings is 2. The summed E-state index contributed by atoms with van der Waals surface area (Å²) in [7, 11) is 0. The van der Waals surface area contributed by atoms with Crippen LogP contribution in [0.4, 0.5) is 0 Å². The fourth-order valence-corrected chi connectivity index (χ4v) is 6.18. The molecule has 0 bridgehead atoms. The molecular formula is C27H27Cl4N3OS. The molecule has 0 saturated carbocycles. The fourth-order valence-electron chi connectivity index (χ4n) is 4.31. The van der Waals surface area contributed by atoms with Crippen molar-refractivity contribution >= 4 is 64.1 Å². The molecule has 4 rings (SSSR count). The molecule has 1 saturated heterocycles. The number of piperidine rings is 1. The minimum Gasteiger partial charge on any atom is -0.351 e. The first-order valence-corrected chi connectivity index (χ1v) is 14.3. The van der Waals surface area contributed by atoms with E-state index >= 15 is 0 Å². The second-order valence-electron chi connectivity index (χ2n) is 8.82. The molecule has 2 heterocycles. The van der Waals surface area contributed by atoms with Gasteiger partial charge in [-0.05, 0) is 86.9 Å². The van der Waals surface area contributed by atoms with E-state index in [2.05, 4.69) is 21.3 Å². The monoisotopic (exact) mass is 581 g/mol. The first-order chi connectivity index (χ1) is 17.4. The Morgan fingerprint density at radius 3 is 2.50 bits per heavy atom. The van der Waals surface area contributed by atoms with Crippen LogP contribution in [0.25, 0.3) is 0 Å². The number of rotatable bonds is 9. The second-order valence-corrected chi connectivity index (χ2v) is 11.8. The third-order valence-corrected chi connectivity index (χ3v) is 8.93. The Bertz CT molecular complexity index is 1170. The number of hydrogen-bond donors (Lipinski definition) is 1. The van der Waals surface area contributed by atoms with E-state index in [9.17, 15) is 4.79 Å². The zero-order valence-corrected chi connectivity index (χ0v) is 23.4. The van der Waals surface area contributed by atoms with Gasteiger partial charge in [0.15, 0.2) is 0 Å². The van der Waals surface area contributed by atoms with Crippen molar-refractivity contribution < 1.29 is 4.79 Å². The lowest BCUT2D eigenvalue weighted by molar-refractivity contribution is 0.0950. The van der Waals surface area contributed by atoms with Crippen LogP contribution in [-0.2, 0) is 0 Å². The van der Waals surface area contributed by atoms with Gasteiger partial charge in [-0.15, -0.1) is 11.8 Å². The number of thioether (sulfide) groups is 1. The van der Waals surface area contributed by atoms with Crippen LogP contribution in [0.15, 0.2) is 65.8 Å². The highest BCUT2D eigenvalue weighted by Gasteiger charge is 2.23. The summed E-state index contributed by atoms with van der Waals surface area (Å²) in [6.45, 7) is 3.49. The average Bonchev–Trinajstić information content (AvgIpc) is 2.87. The van der Waals surface area contributed by atoms with Gasteiger partial charge < -0.3 is 10.2 Å². The van der Waals surface area contributed by atoms with Crippen LogP contribution in [0, 0.1) is 0 Å². The lowest BCUT2D eigenvalue weighted by Gasteiger charge is -2.32. The molecule has 0 aliphatic carbocycles. The summed E-state index contributed by atoms with van der Waals surface area (Å²) < 4.78 is 0. The Morgan fingerprint density at radius 1 is 1.00 bits per heavy atom. The number of carbonyl (C=O) groups is 1. The van der Waals surface area contributed by atoms with Crippen LogP contribution in [0.3, 0.4) is 0 Å². The summed E-state index contributed by atoms with van der Waals surface area (Å²) in [6, 6.07) is 16.6. The molecule has 1 aliphatic heterocycles. The van der Waals surface area contributed by atoms with Crippen LogP contribution in [0.1, 0.15) is 41.1 Å². The van der Waals surface area contributed by atoms with Gasteiger partial charge in [0.1, 0.15) is 0 Å². The lowest BCUT2D eigenvalue weighted by Crippen LogP contribution is -2.37. The van der Waals surface area contributed by atoms with E-state index in [4.69, 9.17) is 46.4 Å². The molecule has 1 aromatic heterocycles. The van der Waals surface area contributed by atoms with Gasteiger partial charge in [-0.25, -0.2) is 4.98 Å². The smallest absolute Gasteiger partial charge is 0.252 e. The summed E-state index contributed by atoms with van der Waals surface area (Å²) in [4.78, 5) is 19.8. The van der Waals surface area contributed by atoms with Gasteiger partial charge in [0.2, 0.25) is 0 Å². The van der Waals surface area contributed by atoms with E-state index in [0.717, 1.165) is 49.5 Å². The van der Waals surface area contributed by atoms with Crippen LogP contribution in [0.5, 0.6) is 0 Å². The fraction of sp³-hybridized carbons (Fsp3) is 0.333. The first kappa shape index (κ1) is 27.6. The minimum absolute atomic E-state index is 0.0791. The Hall–Kier alpha value is -1.47. The molecule has 1 fully saturated rings. The number of likely N-dealkylation sites (tertiary alicyclic amines) is 1. The number of halogens is 4. The van der Waals surface area contributed by atoms with E-state index < -0.39 is 0 Å². The van der Waals surface area contributed by atoms with Crippen molar-refractivity contribution in [3.63, 3.8) is 0 Å². The van der Waals surface area contributed by atoms with Crippen molar-refractivity contribution in [1.82, 2.24) is 15.2 Å². The van der Waals surface area contributed by atoms with Gasteiger partial charge in [-0.1, -0.05) is 58.5 Å². The zero-order valence-electron chi connectivity index (χ0n) is 19.6. The number of amides is 1. The molecule has 36 heavy (non-hydrogen) atoms. The van der Waals surface area contributed by atoms with Gasteiger partial charge in [0.25, 0.3) is 5.91 Å². The topological polar surface area (TPSA) is 45.2 Å². The van der Waals surface area contributed by atoms with E-state index in [0.29, 0.717) is 37.4 Å². The molecule has 1 aliphatic rings. The van der Waals surface area contributed by atoms with Crippen molar-refractivity contribution in [3.8, 4) is 0 Å². The van der Waals surface area contributed by atoms with Crippen LogP contribution in [0.2, 0.25) is 20.1 Å². The van der Waals surface area contributed by atoms with Crippen LogP contribution in [-0.4, -0.2) is 47.2 Å². The van der Waals surface area contributed by atoms with Crippen molar-refractivity contribution in [2.45, 2.75) is 35.5 Å². The summed E-state index contributed by atoms with van der Waals surface area (Å²) >= 11 is 26.5. The molecule has 190 valence electrons. The summed E-state index contributed by atoms with van der Waals surface area (Å²) in [6.07, 6.45) is 4.99. The largest absolute Gasteiger partial charge is 0.351 e. The number of aromatic nitrogens is 1. The third-order valence-electron chi connectivity index (χ3n) is 6.35. The standard InChI is InChI=1S/C27H27Cl4N3OS/c28-20-5-6-22(24(30)16-20)27(35)33-17-19(18-4-7-23(29)25(31)15-18)8-12-34-13-9-21(10-14-34)36-26-3-1-2-11-32-26/h1-7,11,15-16,19,21H,8-10,12-14,17H2,(H,33,35). The number of hydrogen-bond acceptors (Lipinski definition) is 4. The molecule has 1 N–H and O–H groups in total. The first-order valence-electron chi connectivity index (χ1n) is 11.9. The highest BCUT2D eigenvalue weighted by atomic mass is 35.5. The Labute approximate surface area is 236 Å². The van der Waals surface area contributed by atoms with Crippen molar-refractivity contribution in [2.24, 2.45) is 0 Å². The van der Waals surface area contributed by atoms with E-state index in [-0.39, 0.29) is 11.8 Å². The normalized spacial score (nSPS) is 15.6. The van der Waals surface area contributed by atoms with Gasteiger partial charge >= 0.3 is 0 Å². The summed E-state index contributed by atoms with van der Waals surface area (Å²) in [5.74, 6) is -0.149. The molecule has 2 aromatic carbocycles. The predicted molar refractivity (Wildman–Crippen MR) is 152 cm³/mol. The minimum atomic E-state index is -0.228. The SMILES string of the molecule is O=C(NCC(CCN1CCC(Sc2ccccn2)CC1)c1ccc(Cl)c(Cl)c1)c1ccc(Cl)cc1Cl. The number of nitrogens with zero attached hydrogens (tertiary/aromatic N) is 2. The van der Waals surface area contributed by atoms with Crippen LogP contribution >= 0.6 is 58.2 Å². The number of nitrogens with one attached hydrogen (secondary N) is 1. The Kier molecular flexibility index (Phi) is 10.2. The molecule has 0 spiro atoms. The van der Waals surface area contributed by atoms with E-state index in [1.54, 1.807) is 18.2 Å². The highest BCUT2D eigenvalue weighted by molar-refractivity contribution is 7.99. The van der Waals surface area contributed by atoms with Crippen molar-refractivity contribution in [3.05, 3.63) is 92.0 Å². The molecule has 9 heteroatoms. The summed E-state index contributed by atoms with van der Waals surface area (Å²) in [5, 5.41) is 6.57. The van der Waals surface area contributed by atoms with Gasteiger partial charge in [0.05, 0.1) is 25.7 Å². The molecule has 1 atom stereocenters. The quantitative estimate of drug-likeness (QED) is 0.279. The maximum atomic E-state index is 12.8. The molecule has 3 aromatic rings. The molecule has 1 amide bonds. The third kappa shape index (κ3) is 7.77. The number of pyridine rings is 1. The van der Waals surface area contributed by atoms with Crippen LogP contribution < -0.4 is 5.32 Å². The predicted octanol–water partition coefficient (Wildman–Crippen LogP) is 7.86. The maximum absolute atomic E-state index is 12.8. The highest BCUT2D eigenvalue weighted by Crippen LogP contribution is 2.31. The van der Waals surface area contributed by atoms with Gasteiger partial charge in [-0.2, -0.15) is 0 Å². The maximum Gasteiger partial charge on any atom is 0.252 e. The summed E-state index contributed by atoms with van der Waals surface area (Å²) in [5.41, 5.74) is 1.45. The Balaban J connectivity index is 1.35. The van der Waals surface area contributed by atoms with E-state index in [1.165, 1.54) is 0 Å². The lowest BCUT2D eigenvalue weighted by atomic mass is 9.94. The second kappa shape index (κ2) is 13.4. The average molecular weight is 583 g/mol. The molecule has 0 radical (unpaired) electrons. The molecule has 4 nitrogen and oxygen atoms in total. The van der Waals surface area contributed by atoms with Crippen molar-refractivity contribution in [2.75, 3.05) is 26.2 Å². The van der Waals surface area contributed by atoms with E-state index in [1.807, 2.05) is 48.3 Å². The zero-order chi connectivity index (χ0) is 25.5. The number of carbonyl (C=O) groups excluding carboxylic acids is 1. The molecule has 1 unspecified atom stereocenters. The van der Waals surface area contributed by atoms with Crippen molar-refractivity contribution in [1.29, 1.82) is 0 Å². The van der Waals surface area contributed by atoms with Gasteiger partial charge in [-0.3, -0.25) is 4.79 Å². The van der Waals surface area contributed by atoms with Gasteiger partial charge in [0, 0.05) is 28.9 Å². The Morgan fingerprint density at radius 2 is 1.81 bits per heavy atom. The molecular weight excluding hydrogens is 556 g/mol.